The molecule has 1 unspecified atom stereocenters. The molecule has 2 rings (SSSR count). The number of hydrogen-bond acceptors (Lipinski definition) is 3. The molecule has 1 heterocycles. The Hall–Kier alpha value is -1.37. The first-order valence-electron chi connectivity index (χ1n) is 6.45. The topological polar surface area (TPSA) is 53.2 Å². The second kappa shape index (κ2) is 5.09. The quantitative estimate of drug-likeness (QED) is 0.890. The van der Waals surface area contributed by atoms with Gasteiger partial charge >= 0.3 is 0 Å². The molecule has 0 bridgehead atoms. The summed E-state index contributed by atoms with van der Waals surface area (Å²) in [4.78, 5) is 0. The third-order valence-corrected chi connectivity index (χ3v) is 4.12. The van der Waals surface area contributed by atoms with Crippen molar-refractivity contribution in [2.45, 2.75) is 31.8 Å². The molecule has 18 heavy (non-hydrogen) atoms. The van der Waals surface area contributed by atoms with Crippen LogP contribution in [0.3, 0.4) is 0 Å². The molecule has 3 nitrogen and oxygen atoms in total. The van der Waals surface area contributed by atoms with Crippen molar-refractivity contribution in [2.75, 3.05) is 13.2 Å². The fourth-order valence-electron chi connectivity index (χ4n) is 2.87. The first-order valence-corrected chi connectivity index (χ1v) is 6.45. The number of benzene rings is 1. The Morgan fingerprint density at radius 2 is 1.94 bits per heavy atom. The molecule has 1 aromatic rings. The van der Waals surface area contributed by atoms with E-state index in [1.54, 1.807) is 0 Å². The lowest BCUT2D eigenvalue weighted by atomic mass is 9.63. The van der Waals surface area contributed by atoms with Gasteiger partial charge in [0.2, 0.25) is 0 Å². The van der Waals surface area contributed by atoms with Gasteiger partial charge in [-0.1, -0.05) is 37.3 Å². The molecule has 1 aromatic carbocycles. The molecule has 1 saturated heterocycles. The molecular weight excluding hydrogens is 226 g/mol. The second-order valence-electron chi connectivity index (χ2n) is 4.89. The fourth-order valence-corrected chi connectivity index (χ4v) is 2.87. The van der Waals surface area contributed by atoms with Crippen LogP contribution in [0.5, 0.6) is 0 Å². The Morgan fingerprint density at radius 3 is 2.44 bits per heavy atom. The lowest BCUT2D eigenvalue weighted by Crippen LogP contribution is -2.48. The minimum atomic E-state index is -1.09. The molecule has 0 aromatic heterocycles. The van der Waals surface area contributed by atoms with Gasteiger partial charge < -0.3 is 9.84 Å². The van der Waals surface area contributed by atoms with E-state index in [9.17, 15) is 10.4 Å². The third-order valence-electron chi connectivity index (χ3n) is 4.12. The predicted molar refractivity (Wildman–Crippen MR) is 68.7 cm³/mol. The summed E-state index contributed by atoms with van der Waals surface area (Å²) in [5, 5.41) is 20.7. The zero-order chi connectivity index (χ0) is 13.1. The minimum absolute atomic E-state index is 0.532. The van der Waals surface area contributed by atoms with Crippen LogP contribution in [0.2, 0.25) is 0 Å². The van der Waals surface area contributed by atoms with Crippen LogP contribution in [0.15, 0.2) is 30.3 Å². The SMILES string of the molecule is CCC(O)(c1ccccc1)C1(C#N)CCOCC1. The van der Waals surface area contributed by atoms with Crippen LogP contribution >= 0.6 is 0 Å². The summed E-state index contributed by atoms with van der Waals surface area (Å²) in [5.41, 5.74) is -0.996. The summed E-state index contributed by atoms with van der Waals surface area (Å²) < 4.78 is 5.34. The van der Waals surface area contributed by atoms with Gasteiger partial charge in [-0.25, -0.2) is 0 Å². The number of hydrogen-bond donors (Lipinski definition) is 1. The Kier molecular flexibility index (Phi) is 3.70. The Labute approximate surface area is 108 Å². The molecule has 0 aliphatic carbocycles. The highest BCUT2D eigenvalue weighted by Crippen LogP contribution is 2.48. The zero-order valence-corrected chi connectivity index (χ0v) is 10.7. The highest BCUT2D eigenvalue weighted by molar-refractivity contribution is 5.29. The number of nitrogens with zero attached hydrogens (tertiary/aromatic N) is 1. The molecule has 96 valence electrons. The number of rotatable bonds is 3. The van der Waals surface area contributed by atoms with E-state index in [1.807, 2.05) is 37.3 Å². The van der Waals surface area contributed by atoms with Gasteiger partial charge in [0.05, 0.1) is 11.5 Å². The summed E-state index contributed by atoms with van der Waals surface area (Å²) in [5.74, 6) is 0. The maximum absolute atomic E-state index is 11.1. The first kappa shape index (κ1) is 13.1. The van der Waals surface area contributed by atoms with Crippen molar-refractivity contribution in [3.63, 3.8) is 0 Å². The summed E-state index contributed by atoms with van der Waals surface area (Å²) in [7, 11) is 0. The molecule has 0 amide bonds. The minimum Gasteiger partial charge on any atom is -0.383 e. The molecule has 0 saturated carbocycles. The van der Waals surface area contributed by atoms with Gasteiger partial charge in [-0.2, -0.15) is 5.26 Å². The molecule has 1 fully saturated rings. The Morgan fingerprint density at radius 1 is 1.33 bits per heavy atom. The monoisotopic (exact) mass is 245 g/mol. The van der Waals surface area contributed by atoms with Crippen LogP contribution in [-0.4, -0.2) is 18.3 Å². The smallest absolute Gasteiger partial charge is 0.108 e. The van der Waals surface area contributed by atoms with Gasteiger partial charge in [0, 0.05) is 13.2 Å². The van der Waals surface area contributed by atoms with Gasteiger partial charge in [0.15, 0.2) is 0 Å². The molecule has 0 radical (unpaired) electrons. The molecule has 3 heteroatoms. The van der Waals surface area contributed by atoms with Crippen molar-refractivity contribution < 1.29 is 9.84 Å². The highest BCUT2D eigenvalue weighted by Gasteiger charge is 2.51. The van der Waals surface area contributed by atoms with Crippen LogP contribution in [0.1, 0.15) is 31.7 Å². The molecule has 1 aliphatic rings. The lowest BCUT2D eigenvalue weighted by molar-refractivity contribution is -0.112. The van der Waals surface area contributed by atoms with Crippen molar-refractivity contribution in [3.05, 3.63) is 35.9 Å². The first-order chi connectivity index (χ1) is 8.68. The third kappa shape index (κ3) is 1.92. The maximum atomic E-state index is 11.1. The van der Waals surface area contributed by atoms with E-state index in [-0.39, 0.29) is 0 Å². The zero-order valence-electron chi connectivity index (χ0n) is 10.7. The number of aliphatic hydroxyl groups is 1. The Bertz CT molecular complexity index is 432. The van der Waals surface area contributed by atoms with Crippen molar-refractivity contribution in [1.29, 1.82) is 5.26 Å². The lowest BCUT2D eigenvalue weighted by Gasteiger charge is -2.44. The highest BCUT2D eigenvalue weighted by atomic mass is 16.5. The average Bonchev–Trinajstić information content (AvgIpc) is 2.48. The van der Waals surface area contributed by atoms with Crippen LogP contribution in [-0.2, 0) is 10.3 Å². The molecule has 1 N–H and O–H groups in total. The summed E-state index contributed by atoms with van der Waals surface area (Å²) in [6, 6.07) is 11.9. The Balaban J connectivity index is 2.45. The van der Waals surface area contributed by atoms with Gasteiger partial charge in [0.1, 0.15) is 5.60 Å². The van der Waals surface area contributed by atoms with E-state index in [0.717, 1.165) is 5.56 Å². The van der Waals surface area contributed by atoms with Crippen LogP contribution < -0.4 is 0 Å². The van der Waals surface area contributed by atoms with Crippen molar-refractivity contribution >= 4 is 0 Å². The van der Waals surface area contributed by atoms with Crippen molar-refractivity contribution in [3.8, 4) is 6.07 Å². The maximum Gasteiger partial charge on any atom is 0.108 e. The summed E-state index contributed by atoms with van der Waals surface area (Å²) in [6.07, 6.45) is 1.70. The van der Waals surface area contributed by atoms with Crippen molar-refractivity contribution in [2.24, 2.45) is 5.41 Å². The van der Waals surface area contributed by atoms with Gasteiger partial charge in [-0.15, -0.1) is 0 Å². The van der Waals surface area contributed by atoms with Gasteiger partial charge in [0.25, 0.3) is 0 Å². The molecule has 0 spiro atoms. The van der Waals surface area contributed by atoms with E-state index in [2.05, 4.69) is 6.07 Å². The normalized spacial score (nSPS) is 21.8. The van der Waals surface area contributed by atoms with Crippen LogP contribution in [0.25, 0.3) is 0 Å². The number of nitriles is 1. The van der Waals surface area contributed by atoms with E-state index < -0.39 is 11.0 Å². The second-order valence-corrected chi connectivity index (χ2v) is 4.89. The van der Waals surface area contributed by atoms with Gasteiger partial charge in [-0.05, 0) is 24.8 Å². The largest absolute Gasteiger partial charge is 0.383 e. The fraction of sp³-hybridized carbons (Fsp3) is 0.533. The van der Waals surface area contributed by atoms with E-state index in [0.29, 0.717) is 32.5 Å². The summed E-state index contributed by atoms with van der Waals surface area (Å²) in [6.45, 7) is 3.02. The standard InChI is InChI=1S/C15H19NO2/c1-2-15(17,13-6-4-3-5-7-13)14(12-16)8-10-18-11-9-14/h3-7,17H,2,8-11H2,1H3. The predicted octanol–water partition coefficient (Wildman–Crippen LogP) is 2.60. The van der Waals surface area contributed by atoms with E-state index in [4.69, 9.17) is 4.74 Å². The number of ether oxygens (including phenoxy) is 1. The molecular formula is C15H19NO2. The average molecular weight is 245 g/mol. The van der Waals surface area contributed by atoms with E-state index >= 15 is 0 Å². The molecule has 1 aliphatic heterocycles. The van der Waals surface area contributed by atoms with Gasteiger partial charge in [-0.3, -0.25) is 0 Å². The van der Waals surface area contributed by atoms with Crippen LogP contribution in [0.4, 0.5) is 0 Å². The molecule has 1 atom stereocenters. The van der Waals surface area contributed by atoms with Crippen LogP contribution in [0, 0.1) is 16.7 Å². The van der Waals surface area contributed by atoms with Crippen molar-refractivity contribution in [1.82, 2.24) is 0 Å². The summed E-state index contributed by atoms with van der Waals surface area (Å²) >= 11 is 0. The van der Waals surface area contributed by atoms with E-state index in [1.165, 1.54) is 0 Å².